The van der Waals surface area contributed by atoms with E-state index < -0.39 is 50.4 Å². The maximum atomic E-state index is 11.8. The number of aliphatic hydroxyl groups is 2. The van der Waals surface area contributed by atoms with Crippen LogP contribution in [-0.4, -0.2) is 49.1 Å². The zero-order chi connectivity index (χ0) is 15.8. The summed E-state index contributed by atoms with van der Waals surface area (Å²) < 4.78 is 11.5. The highest BCUT2D eigenvalue weighted by molar-refractivity contribution is 7.43. The van der Waals surface area contributed by atoms with E-state index in [2.05, 4.69) is 0 Å². The molecule has 10 nitrogen and oxygen atoms in total. The first-order valence-corrected chi connectivity index (χ1v) is 7.26. The molecule has 2 heterocycles. The van der Waals surface area contributed by atoms with Crippen molar-refractivity contribution in [3.63, 3.8) is 0 Å². The lowest BCUT2D eigenvalue weighted by Crippen LogP contribution is -2.48. The van der Waals surface area contributed by atoms with Crippen molar-refractivity contribution < 1.29 is 24.4 Å². The molecule has 0 saturated carbocycles. The second-order valence-electron chi connectivity index (χ2n) is 4.75. The van der Waals surface area contributed by atoms with Crippen molar-refractivity contribution in [1.82, 2.24) is 9.55 Å². The lowest BCUT2D eigenvalue weighted by molar-refractivity contribution is -0.0827. The van der Waals surface area contributed by atoms with E-state index in [-0.39, 0.29) is 0 Å². The van der Waals surface area contributed by atoms with E-state index in [1.54, 1.807) is 0 Å². The van der Waals surface area contributed by atoms with E-state index in [1.165, 1.54) is 6.92 Å². The fourth-order valence-corrected chi connectivity index (χ4v) is 2.89. The van der Waals surface area contributed by atoms with Gasteiger partial charge in [0.25, 0.3) is 14.1 Å². The number of H-pyrrole nitrogens is 1. The third kappa shape index (κ3) is 2.92. The Morgan fingerprint density at radius 3 is 2.81 bits per heavy atom. The molecule has 1 aliphatic heterocycles. The van der Waals surface area contributed by atoms with Crippen LogP contribution in [0.5, 0.6) is 0 Å². The maximum absolute atomic E-state index is 11.8. The smallest absolute Gasteiger partial charge is 0.330 e. The lowest BCUT2D eigenvalue weighted by Gasteiger charge is -2.33. The SMILES string of the molecule is C[C@@]1(OP(N)O)C(n2ccc(=O)[nH]c2=O)O[C@H](CO)[C@H]1O. The third-order valence-corrected chi connectivity index (χ3v) is 3.89. The quantitative estimate of drug-likeness (QED) is 0.388. The number of aromatic nitrogens is 2. The summed E-state index contributed by atoms with van der Waals surface area (Å²) in [5.41, 5.74) is 2.27. The summed E-state index contributed by atoms with van der Waals surface area (Å²) >= 11 is 0. The van der Waals surface area contributed by atoms with Crippen molar-refractivity contribution in [1.29, 1.82) is 0 Å². The topological polar surface area (TPSA) is 160 Å². The molecule has 1 aromatic rings. The van der Waals surface area contributed by atoms with Crippen LogP contribution in [-0.2, 0) is 9.26 Å². The molecule has 0 spiro atoms. The Bertz CT molecular complexity index is 617. The molecule has 11 heteroatoms. The molecule has 21 heavy (non-hydrogen) atoms. The van der Waals surface area contributed by atoms with Gasteiger partial charge in [0.1, 0.15) is 17.8 Å². The maximum Gasteiger partial charge on any atom is 0.330 e. The van der Waals surface area contributed by atoms with E-state index in [1.807, 2.05) is 4.98 Å². The summed E-state index contributed by atoms with van der Waals surface area (Å²) in [7, 11) is -2.35. The van der Waals surface area contributed by atoms with Gasteiger partial charge in [-0.15, -0.1) is 0 Å². The Morgan fingerprint density at radius 2 is 2.29 bits per heavy atom. The van der Waals surface area contributed by atoms with Crippen molar-refractivity contribution in [2.24, 2.45) is 5.50 Å². The molecule has 0 bridgehead atoms. The molecule has 6 N–H and O–H groups in total. The number of hydrogen-bond acceptors (Lipinski definition) is 8. The van der Waals surface area contributed by atoms with Gasteiger partial charge in [-0.25, -0.2) is 4.79 Å². The Balaban J connectivity index is 2.48. The minimum Gasteiger partial charge on any atom is -0.394 e. The number of ether oxygens (including phenoxy) is 1. The number of nitrogens with two attached hydrogens (primary N) is 1. The van der Waals surface area contributed by atoms with Crippen LogP contribution in [0.3, 0.4) is 0 Å². The summed E-state index contributed by atoms with van der Waals surface area (Å²) in [6.07, 6.45) is -2.40. The Labute approximate surface area is 119 Å². The van der Waals surface area contributed by atoms with E-state index in [0.29, 0.717) is 0 Å². The fourth-order valence-electron chi connectivity index (χ4n) is 2.29. The van der Waals surface area contributed by atoms with Crippen molar-refractivity contribution in [2.45, 2.75) is 31.0 Å². The molecule has 5 atom stereocenters. The number of aliphatic hydroxyl groups excluding tert-OH is 2. The molecule has 0 aliphatic carbocycles. The predicted octanol–water partition coefficient (Wildman–Crippen LogP) is -2.26. The van der Waals surface area contributed by atoms with Crippen molar-refractivity contribution in [3.8, 4) is 0 Å². The number of hydrogen-bond donors (Lipinski definition) is 5. The lowest BCUT2D eigenvalue weighted by atomic mass is 9.96. The number of nitrogens with zero attached hydrogens (tertiary/aromatic N) is 1. The molecule has 1 aromatic heterocycles. The summed E-state index contributed by atoms with van der Waals surface area (Å²) in [6.45, 7) is 0.858. The summed E-state index contributed by atoms with van der Waals surface area (Å²) in [5, 5.41) is 19.4. The van der Waals surface area contributed by atoms with Crippen LogP contribution in [0, 0.1) is 0 Å². The fraction of sp³-hybridized carbons (Fsp3) is 0.600. The van der Waals surface area contributed by atoms with Crippen molar-refractivity contribution >= 4 is 8.53 Å². The van der Waals surface area contributed by atoms with E-state index in [0.717, 1.165) is 16.8 Å². The molecule has 0 amide bonds. The minimum atomic E-state index is -2.35. The summed E-state index contributed by atoms with van der Waals surface area (Å²) in [4.78, 5) is 34.3. The normalized spacial score (nSPS) is 34.0. The average molecular weight is 321 g/mol. The molecule has 118 valence electrons. The second-order valence-corrected chi connectivity index (χ2v) is 5.54. The van der Waals surface area contributed by atoms with E-state index >= 15 is 0 Å². The standard InChI is InChI=1S/C10H16N3O7P/c1-10(20-21(11)18)7(16)5(4-14)19-8(10)13-3-2-6(15)12-9(13)17/h2-3,5,7-8,14,16,18H,4,11H2,1H3,(H,12,15,17)/t5-,7-,8?,10+,21?/m1/s1. The Morgan fingerprint density at radius 1 is 1.62 bits per heavy atom. The largest absolute Gasteiger partial charge is 0.394 e. The number of aromatic amines is 1. The van der Waals surface area contributed by atoms with Crippen LogP contribution < -0.4 is 16.8 Å². The molecule has 1 aliphatic rings. The molecule has 2 rings (SSSR count). The molecular formula is C10H16N3O7P. The van der Waals surface area contributed by atoms with Gasteiger partial charge in [0, 0.05) is 12.3 Å². The van der Waals surface area contributed by atoms with Crippen LogP contribution in [0.1, 0.15) is 13.2 Å². The molecular weight excluding hydrogens is 305 g/mol. The van der Waals surface area contributed by atoms with Gasteiger partial charge in [-0.2, -0.15) is 0 Å². The highest BCUT2D eigenvalue weighted by Crippen LogP contribution is 2.45. The van der Waals surface area contributed by atoms with Crippen LogP contribution in [0.4, 0.5) is 0 Å². The van der Waals surface area contributed by atoms with Crippen LogP contribution in [0.15, 0.2) is 21.9 Å². The van der Waals surface area contributed by atoms with Gasteiger partial charge in [-0.05, 0) is 6.92 Å². The number of rotatable bonds is 4. The van der Waals surface area contributed by atoms with Crippen LogP contribution >= 0.6 is 8.53 Å². The average Bonchev–Trinajstić information content (AvgIpc) is 2.62. The Hall–Kier alpha value is -1.13. The van der Waals surface area contributed by atoms with E-state index in [4.69, 9.17) is 14.8 Å². The molecule has 0 radical (unpaired) electrons. The number of nitrogens with one attached hydrogen (secondary N) is 1. The van der Waals surface area contributed by atoms with Crippen LogP contribution in [0.25, 0.3) is 0 Å². The minimum absolute atomic E-state index is 0.525. The zero-order valence-electron chi connectivity index (χ0n) is 11.0. The monoisotopic (exact) mass is 321 g/mol. The van der Waals surface area contributed by atoms with Gasteiger partial charge in [-0.1, -0.05) is 0 Å². The Kier molecular flexibility index (Phi) is 4.59. The highest BCUT2D eigenvalue weighted by Gasteiger charge is 2.56. The van der Waals surface area contributed by atoms with Gasteiger partial charge < -0.3 is 24.4 Å². The summed E-state index contributed by atoms with van der Waals surface area (Å²) in [5.74, 6) is 0. The van der Waals surface area contributed by atoms with Gasteiger partial charge in [0.05, 0.1) is 6.61 Å². The van der Waals surface area contributed by atoms with Gasteiger partial charge >= 0.3 is 5.69 Å². The first-order valence-electron chi connectivity index (χ1n) is 5.98. The van der Waals surface area contributed by atoms with E-state index in [9.17, 15) is 24.7 Å². The molecule has 0 aromatic carbocycles. The van der Waals surface area contributed by atoms with Crippen molar-refractivity contribution in [3.05, 3.63) is 33.1 Å². The third-order valence-electron chi connectivity index (χ3n) is 3.31. The van der Waals surface area contributed by atoms with Gasteiger partial charge in [-0.3, -0.25) is 19.8 Å². The first kappa shape index (κ1) is 16.2. The summed E-state index contributed by atoms with van der Waals surface area (Å²) in [6, 6.07) is 1.09. The molecule has 1 saturated heterocycles. The first-order chi connectivity index (χ1) is 9.79. The highest BCUT2D eigenvalue weighted by atomic mass is 31.2. The van der Waals surface area contributed by atoms with Gasteiger partial charge in [0.15, 0.2) is 6.23 Å². The van der Waals surface area contributed by atoms with Crippen LogP contribution in [0.2, 0.25) is 0 Å². The zero-order valence-corrected chi connectivity index (χ0v) is 11.9. The molecule has 1 fully saturated rings. The van der Waals surface area contributed by atoms with Crippen molar-refractivity contribution in [2.75, 3.05) is 6.61 Å². The van der Waals surface area contributed by atoms with Gasteiger partial charge in [0.2, 0.25) is 0 Å². The molecule has 2 unspecified atom stereocenters. The predicted molar refractivity (Wildman–Crippen MR) is 71.1 cm³/mol. The second kappa shape index (κ2) is 5.93.